The average Bonchev–Trinajstić information content (AvgIpc) is 2.73. The summed E-state index contributed by atoms with van der Waals surface area (Å²) < 4.78 is 0. The van der Waals surface area contributed by atoms with Crippen molar-refractivity contribution in [2.24, 2.45) is 5.92 Å². The molecule has 0 unspecified atom stereocenters. The van der Waals surface area contributed by atoms with E-state index < -0.39 is 0 Å². The van der Waals surface area contributed by atoms with Crippen molar-refractivity contribution >= 4 is 12.4 Å². The Hall–Kier alpha value is -0.260. The van der Waals surface area contributed by atoms with Gasteiger partial charge < -0.3 is 5.32 Å². The second-order valence-electron chi connectivity index (χ2n) is 2.89. The zero-order valence-electron chi connectivity index (χ0n) is 6.84. The zero-order valence-corrected chi connectivity index (χ0v) is 7.66. The van der Waals surface area contributed by atoms with E-state index in [1.165, 1.54) is 12.8 Å². The first kappa shape index (κ1) is 10.7. The Balaban J connectivity index is 0.000001000. The molecule has 0 aromatic heterocycles. The predicted molar refractivity (Wildman–Crippen MR) is 47.7 cm³/mol. The number of hydrogen-bond donors (Lipinski definition) is 1. The molecule has 0 aromatic rings. The highest BCUT2D eigenvalue weighted by Crippen LogP contribution is 2.33. The number of rotatable bonds is 4. The van der Waals surface area contributed by atoms with E-state index in [2.05, 4.69) is 18.3 Å². The third kappa shape index (κ3) is 3.60. The number of nitriles is 1. The standard InChI is InChI=1S/C8H14N2.ClH/c1-2-8(7-3-4-7)10-6-5-9;/h7-8,10H,2-4,6H2,1H3;1H/t8-;/m0./s1. The Labute approximate surface area is 74.4 Å². The molecule has 1 atom stereocenters. The number of nitrogens with one attached hydrogen (secondary N) is 1. The van der Waals surface area contributed by atoms with Gasteiger partial charge in [0.05, 0.1) is 12.6 Å². The van der Waals surface area contributed by atoms with E-state index in [9.17, 15) is 0 Å². The maximum atomic E-state index is 8.30. The molecular formula is C8H15ClN2. The maximum absolute atomic E-state index is 8.30. The first-order valence-corrected chi connectivity index (χ1v) is 3.98. The molecule has 1 N–H and O–H groups in total. The number of hydrogen-bond acceptors (Lipinski definition) is 2. The lowest BCUT2D eigenvalue weighted by Crippen LogP contribution is -2.30. The van der Waals surface area contributed by atoms with Gasteiger partial charge in [-0.1, -0.05) is 6.92 Å². The highest BCUT2D eigenvalue weighted by molar-refractivity contribution is 5.85. The zero-order chi connectivity index (χ0) is 7.40. The quantitative estimate of drug-likeness (QED) is 0.659. The Kier molecular flexibility index (Phi) is 5.27. The van der Waals surface area contributed by atoms with E-state index in [1.54, 1.807) is 0 Å². The van der Waals surface area contributed by atoms with Crippen LogP contribution in [0.4, 0.5) is 0 Å². The van der Waals surface area contributed by atoms with E-state index >= 15 is 0 Å². The van der Waals surface area contributed by atoms with Crippen LogP contribution in [0.3, 0.4) is 0 Å². The van der Waals surface area contributed by atoms with Crippen molar-refractivity contribution in [3.05, 3.63) is 0 Å². The van der Waals surface area contributed by atoms with Crippen molar-refractivity contribution in [3.8, 4) is 6.07 Å². The van der Waals surface area contributed by atoms with Crippen molar-refractivity contribution in [1.29, 1.82) is 5.26 Å². The first-order valence-electron chi connectivity index (χ1n) is 3.98. The van der Waals surface area contributed by atoms with Gasteiger partial charge in [-0.3, -0.25) is 0 Å². The van der Waals surface area contributed by atoms with E-state index in [0.29, 0.717) is 12.6 Å². The molecule has 0 amide bonds. The first-order chi connectivity index (χ1) is 4.88. The minimum atomic E-state index is 0. The summed E-state index contributed by atoms with van der Waals surface area (Å²) in [4.78, 5) is 0. The van der Waals surface area contributed by atoms with Crippen LogP contribution in [0.1, 0.15) is 26.2 Å². The van der Waals surface area contributed by atoms with Crippen molar-refractivity contribution in [2.75, 3.05) is 6.54 Å². The van der Waals surface area contributed by atoms with Crippen LogP contribution in [-0.4, -0.2) is 12.6 Å². The van der Waals surface area contributed by atoms with Crippen LogP contribution in [0.2, 0.25) is 0 Å². The highest BCUT2D eigenvalue weighted by Gasteiger charge is 2.29. The van der Waals surface area contributed by atoms with Crippen LogP contribution >= 0.6 is 12.4 Å². The molecule has 0 aliphatic heterocycles. The summed E-state index contributed by atoms with van der Waals surface area (Å²) in [5, 5.41) is 11.5. The molecule has 1 aliphatic carbocycles. The van der Waals surface area contributed by atoms with E-state index in [1.807, 2.05) is 0 Å². The van der Waals surface area contributed by atoms with Gasteiger partial charge in [-0.05, 0) is 25.2 Å². The molecule has 11 heavy (non-hydrogen) atoms. The molecule has 0 radical (unpaired) electrons. The molecule has 0 aromatic carbocycles. The molecule has 1 aliphatic rings. The van der Waals surface area contributed by atoms with Crippen LogP contribution < -0.4 is 5.32 Å². The van der Waals surface area contributed by atoms with Gasteiger partial charge in [0, 0.05) is 6.04 Å². The molecule has 64 valence electrons. The summed E-state index contributed by atoms with van der Waals surface area (Å²) in [6, 6.07) is 2.71. The molecule has 2 nitrogen and oxygen atoms in total. The predicted octanol–water partition coefficient (Wildman–Crippen LogP) is 1.71. The molecule has 1 fully saturated rings. The topological polar surface area (TPSA) is 35.8 Å². The SMILES string of the molecule is CC[C@H](NCC#N)C1CC1.Cl. The van der Waals surface area contributed by atoms with E-state index in [-0.39, 0.29) is 12.4 Å². The number of halogens is 1. The van der Waals surface area contributed by atoms with Gasteiger partial charge >= 0.3 is 0 Å². The van der Waals surface area contributed by atoms with Crippen molar-refractivity contribution in [1.82, 2.24) is 5.32 Å². The second-order valence-corrected chi connectivity index (χ2v) is 2.89. The van der Waals surface area contributed by atoms with Gasteiger partial charge in [-0.25, -0.2) is 0 Å². The van der Waals surface area contributed by atoms with Crippen LogP contribution in [0.25, 0.3) is 0 Å². The summed E-state index contributed by atoms with van der Waals surface area (Å²) in [6.45, 7) is 2.68. The maximum Gasteiger partial charge on any atom is 0.0843 e. The molecule has 0 spiro atoms. The van der Waals surface area contributed by atoms with Crippen LogP contribution in [0.15, 0.2) is 0 Å². The van der Waals surface area contributed by atoms with Crippen LogP contribution in [-0.2, 0) is 0 Å². The largest absolute Gasteiger partial charge is 0.301 e. The van der Waals surface area contributed by atoms with Gasteiger partial charge in [-0.15, -0.1) is 12.4 Å². The fourth-order valence-corrected chi connectivity index (χ4v) is 1.32. The van der Waals surface area contributed by atoms with E-state index in [0.717, 1.165) is 12.3 Å². The second kappa shape index (κ2) is 5.40. The normalized spacial score (nSPS) is 18.2. The van der Waals surface area contributed by atoms with Crippen LogP contribution in [0.5, 0.6) is 0 Å². The average molecular weight is 175 g/mol. The summed E-state index contributed by atoms with van der Waals surface area (Å²) in [7, 11) is 0. The molecule has 3 heteroatoms. The van der Waals surface area contributed by atoms with Gasteiger partial charge in [0.1, 0.15) is 0 Å². The third-order valence-corrected chi connectivity index (χ3v) is 2.07. The highest BCUT2D eigenvalue weighted by atomic mass is 35.5. The van der Waals surface area contributed by atoms with Crippen molar-refractivity contribution in [3.63, 3.8) is 0 Å². The van der Waals surface area contributed by atoms with Gasteiger partial charge in [0.15, 0.2) is 0 Å². The van der Waals surface area contributed by atoms with Gasteiger partial charge in [0.25, 0.3) is 0 Å². The monoisotopic (exact) mass is 174 g/mol. The van der Waals surface area contributed by atoms with Gasteiger partial charge in [-0.2, -0.15) is 5.26 Å². The Morgan fingerprint density at radius 1 is 1.64 bits per heavy atom. The minimum absolute atomic E-state index is 0. The molecule has 0 heterocycles. The Morgan fingerprint density at radius 3 is 2.64 bits per heavy atom. The summed E-state index contributed by atoms with van der Waals surface area (Å²) in [5.41, 5.74) is 0. The lowest BCUT2D eigenvalue weighted by atomic mass is 10.1. The van der Waals surface area contributed by atoms with Crippen LogP contribution in [0, 0.1) is 17.2 Å². The lowest BCUT2D eigenvalue weighted by Gasteiger charge is -2.12. The number of nitrogens with zero attached hydrogens (tertiary/aromatic N) is 1. The fraction of sp³-hybridized carbons (Fsp3) is 0.875. The molecule has 0 saturated heterocycles. The summed E-state index contributed by atoms with van der Waals surface area (Å²) >= 11 is 0. The van der Waals surface area contributed by atoms with Crippen molar-refractivity contribution < 1.29 is 0 Å². The molecule has 1 saturated carbocycles. The third-order valence-electron chi connectivity index (χ3n) is 2.07. The Morgan fingerprint density at radius 2 is 2.27 bits per heavy atom. The van der Waals surface area contributed by atoms with E-state index in [4.69, 9.17) is 5.26 Å². The van der Waals surface area contributed by atoms with Gasteiger partial charge in [0.2, 0.25) is 0 Å². The summed E-state index contributed by atoms with van der Waals surface area (Å²) in [5.74, 6) is 0.873. The van der Waals surface area contributed by atoms with Crippen molar-refractivity contribution in [2.45, 2.75) is 32.2 Å². The minimum Gasteiger partial charge on any atom is -0.301 e. The fourth-order valence-electron chi connectivity index (χ4n) is 1.32. The lowest BCUT2D eigenvalue weighted by molar-refractivity contribution is 0.473. The molecule has 0 bridgehead atoms. The Bertz CT molecular complexity index is 138. The molecule has 1 rings (SSSR count). The summed E-state index contributed by atoms with van der Waals surface area (Å²) in [6.07, 6.45) is 3.88. The molecular weight excluding hydrogens is 160 g/mol. The smallest absolute Gasteiger partial charge is 0.0843 e.